The average Bonchev–Trinajstić information content (AvgIpc) is 3.52. The molecule has 0 spiro atoms. The summed E-state index contributed by atoms with van der Waals surface area (Å²) in [5.74, 6) is -0.523. The quantitative estimate of drug-likeness (QED) is 0.424. The first kappa shape index (κ1) is 18.1. The van der Waals surface area contributed by atoms with Gasteiger partial charge in [-0.1, -0.05) is 60.7 Å². The van der Waals surface area contributed by atoms with Crippen LogP contribution in [0.15, 0.2) is 89.9 Å². The molecule has 2 aliphatic rings. The lowest BCUT2D eigenvalue weighted by Gasteiger charge is -2.22. The number of imide groups is 1. The van der Waals surface area contributed by atoms with Crippen LogP contribution in [0.4, 0.5) is 11.4 Å². The minimum Gasteiger partial charge on any atom is -0.336 e. The van der Waals surface area contributed by atoms with Crippen molar-refractivity contribution in [2.24, 2.45) is 0 Å². The van der Waals surface area contributed by atoms with Gasteiger partial charge >= 0.3 is 0 Å². The molecule has 0 saturated heterocycles. The van der Waals surface area contributed by atoms with Crippen LogP contribution >= 0.6 is 11.3 Å². The van der Waals surface area contributed by atoms with Gasteiger partial charge in [-0.25, -0.2) is 4.90 Å². The number of amides is 2. The molecule has 0 saturated carbocycles. The zero-order valence-corrected chi connectivity index (χ0v) is 17.4. The highest BCUT2D eigenvalue weighted by molar-refractivity contribution is 7.11. The molecule has 0 N–H and O–H groups in total. The van der Waals surface area contributed by atoms with E-state index in [2.05, 4.69) is 6.07 Å². The van der Waals surface area contributed by atoms with Gasteiger partial charge < -0.3 is 4.90 Å². The fourth-order valence-electron chi connectivity index (χ4n) is 4.60. The Hall–Kier alpha value is -3.70. The van der Waals surface area contributed by atoms with Crippen molar-refractivity contribution < 1.29 is 9.59 Å². The van der Waals surface area contributed by atoms with Crippen molar-refractivity contribution in [1.82, 2.24) is 0 Å². The summed E-state index contributed by atoms with van der Waals surface area (Å²) >= 11 is 1.49. The van der Waals surface area contributed by atoms with Gasteiger partial charge in [0.05, 0.1) is 11.3 Å². The molecule has 31 heavy (non-hydrogen) atoms. The summed E-state index contributed by atoms with van der Waals surface area (Å²) in [4.78, 5) is 31.8. The number of hydrogen-bond acceptors (Lipinski definition) is 4. The van der Waals surface area contributed by atoms with Crippen LogP contribution in [0.5, 0.6) is 0 Å². The second-order valence-corrected chi connectivity index (χ2v) is 8.62. The molecule has 2 amide bonds. The number of hydrogen-bond donors (Lipinski definition) is 0. The van der Waals surface area contributed by atoms with E-state index in [9.17, 15) is 9.59 Å². The standard InChI is InChI=1S/C26H18N2O2S/c29-25-23(22-13-6-16-31-22)24(27-15-14-18-8-2-4-11-20(18)27)26(30)28(25)21-12-5-9-17-7-1-3-10-19(17)21/h1-13,16H,14-15H2. The number of nitrogens with zero attached hydrogens (tertiary/aromatic N) is 2. The van der Waals surface area contributed by atoms with Crippen molar-refractivity contribution in [3.63, 3.8) is 0 Å². The monoisotopic (exact) mass is 422 g/mol. The van der Waals surface area contributed by atoms with Crippen LogP contribution in [0, 0.1) is 0 Å². The molecule has 4 aromatic rings. The van der Waals surface area contributed by atoms with Crippen LogP contribution in [0.2, 0.25) is 0 Å². The fourth-order valence-corrected chi connectivity index (χ4v) is 5.37. The number of thiophene rings is 1. The first-order valence-electron chi connectivity index (χ1n) is 10.2. The molecule has 3 heterocycles. The zero-order valence-electron chi connectivity index (χ0n) is 16.6. The van der Waals surface area contributed by atoms with E-state index in [1.807, 2.05) is 83.1 Å². The number of rotatable bonds is 3. The molecule has 3 aromatic carbocycles. The second-order valence-electron chi connectivity index (χ2n) is 7.68. The molecule has 0 atom stereocenters. The lowest BCUT2D eigenvalue weighted by atomic mass is 10.1. The van der Waals surface area contributed by atoms with E-state index >= 15 is 0 Å². The molecular formula is C26H18N2O2S. The molecule has 1 aromatic heterocycles. The number of fused-ring (bicyclic) bond motifs is 2. The summed E-state index contributed by atoms with van der Waals surface area (Å²) in [6, 6.07) is 25.5. The lowest BCUT2D eigenvalue weighted by Crippen LogP contribution is -2.35. The highest BCUT2D eigenvalue weighted by Crippen LogP contribution is 2.42. The molecule has 5 heteroatoms. The van der Waals surface area contributed by atoms with Crippen molar-refractivity contribution in [1.29, 1.82) is 0 Å². The Balaban J connectivity index is 1.55. The Morgan fingerprint density at radius 3 is 2.39 bits per heavy atom. The first-order chi connectivity index (χ1) is 15.2. The third-order valence-corrected chi connectivity index (χ3v) is 6.88. The van der Waals surface area contributed by atoms with E-state index in [1.54, 1.807) is 0 Å². The topological polar surface area (TPSA) is 40.6 Å². The van der Waals surface area contributed by atoms with E-state index in [0.717, 1.165) is 27.8 Å². The Labute approximate surface area is 183 Å². The van der Waals surface area contributed by atoms with Crippen LogP contribution < -0.4 is 9.80 Å². The molecule has 0 radical (unpaired) electrons. The SMILES string of the molecule is O=C1C(c2cccs2)=C(N2CCc3ccccc32)C(=O)N1c1cccc2ccccc12. The highest BCUT2D eigenvalue weighted by atomic mass is 32.1. The third-order valence-electron chi connectivity index (χ3n) is 5.99. The van der Waals surface area contributed by atoms with E-state index in [1.165, 1.54) is 21.8 Å². The zero-order chi connectivity index (χ0) is 20.9. The molecule has 0 fully saturated rings. The van der Waals surface area contributed by atoms with E-state index in [-0.39, 0.29) is 11.8 Å². The largest absolute Gasteiger partial charge is 0.336 e. The molecule has 0 aliphatic carbocycles. The van der Waals surface area contributed by atoms with Gasteiger partial charge in [-0.05, 0) is 40.9 Å². The molecular weight excluding hydrogens is 404 g/mol. The highest BCUT2D eigenvalue weighted by Gasteiger charge is 2.44. The molecule has 6 rings (SSSR count). The van der Waals surface area contributed by atoms with Gasteiger partial charge in [0, 0.05) is 22.5 Å². The van der Waals surface area contributed by atoms with Gasteiger partial charge in [-0.15, -0.1) is 11.3 Å². The predicted molar refractivity (Wildman–Crippen MR) is 125 cm³/mol. The molecule has 4 nitrogen and oxygen atoms in total. The number of carbonyl (C=O) groups excluding carboxylic acids is 2. The summed E-state index contributed by atoms with van der Waals surface area (Å²) in [6.45, 7) is 0.686. The van der Waals surface area contributed by atoms with Crippen LogP contribution in [0.25, 0.3) is 16.3 Å². The lowest BCUT2D eigenvalue weighted by molar-refractivity contribution is -0.120. The van der Waals surface area contributed by atoms with Gasteiger partial charge in [0.1, 0.15) is 5.70 Å². The fraction of sp³-hybridized carbons (Fsp3) is 0.0769. The minimum atomic E-state index is -0.263. The van der Waals surface area contributed by atoms with Crippen molar-refractivity contribution in [2.45, 2.75) is 6.42 Å². The van der Waals surface area contributed by atoms with Crippen molar-refractivity contribution in [3.8, 4) is 0 Å². The Morgan fingerprint density at radius 1 is 0.742 bits per heavy atom. The smallest absolute Gasteiger partial charge is 0.282 e. The van der Waals surface area contributed by atoms with Crippen molar-refractivity contribution in [2.75, 3.05) is 16.3 Å². The number of anilines is 2. The Bertz CT molecular complexity index is 1380. The maximum absolute atomic E-state index is 13.9. The maximum Gasteiger partial charge on any atom is 0.282 e. The molecule has 2 aliphatic heterocycles. The number of para-hydroxylation sites is 1. The van der Waals surface area contributed by atoms with Crippen LogP contribution in [-0.4, -0.2) is 18.4 Å². The molecule has 0 bridgehead atoms. The normalized spacial score (nSPS) is 16.0. The first-order valence-corrected chi connectivity index (χ1v) is 11.1. The number of benzene rings is 3. The average molecular weight is 423 g/mol. The van der Waals surface area contributed by atoms with Crippen molar-refractivity contribution in [3.05, 3.63) is 100 Å². The van der Waals surface area contributed by atoms with E-state index in [4.69, 9.17) is 0 Å². The Morgan fingerprint density at radius 2 is 1.52 bits per heavy atom. The van der Waals surface area contributed by atoms with Gasteiger partial charge in [0.15, 0.2) is 0 Å². The van der Waals surface area contributed by atoms with Gasteiger partial charge in [0.2, 0.25) is 0 Å². The van der Waals surface area contributed by atoms with Crippen LogP contribution in [0.1, 0.15) is 10.4 Å². The predicted octanol–water partition coefficient (Wildman–Crippen LogP) is 5.25. The summed E-state index contributed by atoms with van der Waals surface area (Å²) in [6.07, 6.45) is 0.854. The van der Waals surface area contributed by atoms with Gasteiger partial charge in [0.25, 0.3) is 11.8 Å². The van der Waals surface area contributed by atoms with Gasteiger partial charge in [-0.2, -0.15) is 0 Å². The van der Waals surface area contributed by atoms with Crippen molar-refractivity contribution >= 4 is 50.9 Å². The molecule has 150 valence electrons. The summed E-state index contributed by atoms with van der Waals surface area (Å²) in [5.41, 5.74) is 3.80. The Kier molecular flexibility index (Phi) is 4.04. The summed E-state index contributed by atoms with van der Waals surface area (Å²) in [7, 11) is 0. The molecule has 0 unspecified atom stereocenters. The minimum absolute atomic E-state index is 0.261. The number of carbonyl (C=O) groups is 2. The summed E-state index contributed by atoms with van der Waals surface area (Å²) in [5, 5.41) is 3.83. The van der Waals surface area contributed by atoms with E-state index in [0.29, 0.717) is 23.5 Å². The van der Waals surface area contributed by atoms with Gasteiger partial charge in [-0.3, -0.25) is 9.59 Å². The third kappa shape index (κ3) is 2.67. The maximum atomic E-state index is 13.9. The van der Waals surface area contributed by atoms with Crippen LogP contribution in [-0.2, 0) is 16.0 Å². The van der Waals surface area contributed by atoms with Crippen LogP contribution in [0.3, 0.4) is 0 Å². The van der Waals surface area contributed by atoms with E-state index < -0.39 is 0 Å². The summed E-state index contributed by atoms with van der Waals surface area (Å²) < 4.78 is 0. The second kappa shape index (κ2) is 6.93.